The van der Waals surface area contributed by atoms with Gasteiger partial charge in [-0.3, -0.25) is 4.68 Å². The van der Waals surface area contributed by atoms with Gasteiger partial charge in [0.05, 0.1) is 12.2 Å². The van der Waals surface area contributed by atoms with Crippen LogP contribution in [0.15, 0.2) is 42.6 Å². The molecule has 0 bridgehead atoms. The Bertz CT molecular complexity index is 721. The van der Waals surface area contributed by atoms with Crippen molar-refractivity contribution in [1.82, 2.24) is 14.3 Å². The van der Waals surface area contributed by atoms with Crippen LogP contribution in [0.2, 0.25) is 0 Å². The van der Waals surface area contributed by atoms with Crippen LogP contribution in [0.25, 0.3) is 10.9 Å². The largest absolute Gasteiger partial charge is 0.339 e. The highest BCUT2D eigenvalue weighted by Crippen LogP contribution is 2.20. The predicted octanol–water partition coefficient (Wildman–Crippen LogP) is 4.17. The minimum atomic E-state index is 0.464. The van der Waals surface area contributed by atoms with E-state index in [-0.39, 0.29) is 0 Å². The number of rotatable bonds is 4. The molecule has 1 unspecified atom stereocenters. The highest BCUT2D eigenvalue weighted by atomic mass is 15.3. The summed E-state index contributed by atoms with van der Waals surface area (Å²) in [6.45, 7) is 7.39. The van der Waals surface area contributed by atoms with E-state index >= 15 is 0 Å². The van der Waals surface area contributed by atoms with Crippen LogP contribution >= 0.6 is 0 Å². The first-order valence-corrected chi connectivity index (χ1v) is 7.28. The molecule has 0 aliphatic heterocycles. The van der Waals surface area contributed by atoms with Crippen LogP contribution in [0, 0.1) is 6.92 Å². The Hall–Kier alpha value is -2.03. The highest BCUT2D eigenvalue weighted by molar-refractivity contribution is 5.81. The highest BCUT2D eigenvalue weighted by Gasteiger charge is 2.09. The Balaban J connectivity index is 1.93. The number of nitrogens with zero attached hydrogens (tertiary/aromatic N) is 3. The number of aromatic nitrogens is 3. The summed E-state index contributed by atoms with van der Waals surface area (Å²) in [6, 6.07) is 13.3. The molecule has 0 N–H and O–H groups in total. The van der Waals surface area contributed by atoms with Crippen molar-refractivity contribution in [1.29, 1.82) is 0 Å². The van der Waals surface area contributed by atoms with Crippen molar-refractivity contribution >= 4 is 10.9 Å². The molecule has 0 amide bonds. The summed E-state index contributed by atoms with van der Waals surface area (Å²) in [5.41, 5.74) is 3.68. The molecular weight excluding hydrogens is 246 g/mol. The third kappa shape index (κ3) is 2.24. The summed E-state index contributed by atoms with van der Waals surface area (Å²) in [7, 11) is 0. The third-order valence-corrected chi connectivity index (χ3v) is 4.04. The lowest BCUT2D eigenvalue weighted by Crippen LogP contribution is -2.07. The number of aryl methyl sites for hydroxylation is 1. The molecule has 2 aromatic heterocycles. The average molecular weight is 267 g/mol. The van der Waals surface area contributed by atoms with E-state index in [1.807, 2.05) is 0 Å². The van der Waals surface area contributed by atoms with E-state index in [9.17, 15) is 0 Å². The summed E-state index contributed by atoms with van der Waals surface area (Å²) in [5.74, 6) is 0. The lowest BCUT2D eigenvalue weighted by atomic mass is 10.2. The minimum Gasteiger partial charge on any atom is -0.339 e. The molecule has 0 saturated heterocycles. The van der Waals surface area contributed by atoms with E-state index in [4.69, 9.17) is 5.10 Å². The fourth-order valence-electron chi connectivity index (χ4n) is 2.61. The molecule has 0 aliphatic carbocycles. The van der Waals surface area contributed by atoms with Crippen molar-refractivity contribution in [2.45, 2.75) is 39.8 Å². The average Bonchev–Trinajstić information content (AvgIpc) is 3.04. The third-order valence-electron chi connectivity index (χ3n) is 4.04. The van der Waals surface area contributed by atoms with Crippen LogP contribution in [0.4, 0.5) is 0 Å². The maximum absolute atomic E-state index is 4.70. The minimum absolute atomic E-state index is 0.464. The van der Waals surface area contributed by atoms with Gasteiger partial charge < -0.3 is 4.57 Å². The van der Waals surface area contributed by atoms with Gasteiger partial charge in [-0.05, 0) is 43.9 Å². The van der Waals surface area contributed by atoms with E-state index in [1.54, 1.807) is 0 Å². The Morgan fingerprint density at radius 1 is 1.20 bits per heavy atom. The number of hydrogen-bond acceptors (Lipinski definition) is 1. The number of hydrogen-bond donors (Lipinski definition) is 0. The molecular formula is C17H21N3. The van der Waals surface area contributed by atoms with E-state index in [0.29, 0.717) is 6.04 Å². The van der Waals surface area contributed by atoms with Crippen LogP contribution in [-0.4, -0.2) is 14.3 Å². The molecule has 3 rings (SSSR count). The molecule has 1 atom stereocenters. The molecule has 0 aliphatic rings. The fraction of sp³-hybridized carbons (Fsp3) is 0.353. The van der Waals surface area contributed by atoms with Crippen molar-refractivity contribution in [3.8, 4) is 0 Å². The van der Waals surface area contributed by atoms with Crippen molar-refractivity contribution in [2.75, 3.05) is 0 Å². The molecule has 0 fully saturated rings. The summed E-state index contributed by atoms with van der Waals surface area (Å²) in [5, 5.41) is 6.00. The molecule has 0 saturated carbocycles. The first-order chi connectivity index (χ1) is 9.69. The number of para-hydroxylation sites is 1. The second-order valence-electron chi connectivity index (χ2n) is 5.48. The van der Waals surface area contributed by atoms with E-state index in [2.05, 4.69) is 72.6 Å². The van der Waals surface area contributed by atoms with Gasteiger partial charge in [0.15, 0.2) is 0 Å². The van der Waals surface area contributed by atoms with Crippen LogP contribution in [0.3, 0.4) is 0 Å². The van der Waals surface area contributed by atoms with Crippen molar-refractivity contribution in [2.24, 2.45) is 0 Å². The lowest BCUT2D eigenvalue weighted by molar-refractivity contribution is 0.472. The second kappa shape index (κ2) is 5.16. The molecule has 104 valence electrons. The van der Waals surface area contributed by atoms with Crippen molar-refractivity contribution in [3.05, 3.63) is 54.0 Å². The quantitative estimate of drug-likeness (QED) is 0.695. The van der Waals surface area contributed by atoms with Crippen molar-refractivity contribution < 1.29 is 0 Å². The molecule has 3 nitrogen and oxygen atoms in total. The van der Waals surface area contributed by atoms with Crippen LogP contribution < -0.4 is 0 Å². The zero-order chi connectivity index (χ0) is 14.1. The summed E-state index contributed by atoms with van der Waals surface area (Å²) in [6.07, 6.45) is 3.19. The Labute approximate surface area is 119 Å². The predicted molar refractivity (Wildman–Crippen MR) is 83.0 cm³/mol. The molecule has 0 spiro atoms. The van der Waals surface area contributed by atoms with Gasteiger partial charge in [0.25, 0.3) is 0 Å². The van der Waals surface area contributed by atoms with Crippen LogP contribution in [0.1, 0.15) is 37.7 Å². The zero-order valence-electron chi connectivity index (χ0n) is 12.4. The molecule has 0 radical (unpaired) electrons. The van der Waals surface area contributed by atoms with Gasteiger partial charge >= 0.3 is 0 Å². The van der Waals surface area contributed by atoms with E-state index < -0.39 is 0 Å². The molecule has 3 heteroatoms. The topological polar surface area (TPSA) is 22.8 Å². The van der Waals surface area contributed by atoms with Gasteiger partial charge in [0.2, 0.25) is 0 Å². The fourth-order valence-corrected chi connectivity index (χ4v) is 2.61. The lowest BCUT2D eigenvalue weighted by Gasteiger charge is -2.09. The number of benzene rings is 1. The first-order valence-electron chi connectivity index (χ1n) is 7.28. The second-order valence-corrected chi connectivity index (χ2v) is 5.48. The normalized spacial score (nSPS) is 12.9. The summed E-state index contributed by atoms with van der Waals surface area (Å²) < 4.78 is 4.40. The molecule has 3 aromatic rings. The molecule has 20 heavy (non-hydrogen) atoms. The van der Waals surface area contributed by atoms with Gasteiger partial charge in [-0.15, -0.1) is 0 Å². The van der Waals surface area contributed by atoms with Gasteiger partial charge in [-0.25, -0.2) is 0 Å². The maximum atomic E-state index is 4.70. The standard InChI is InChI=1S/C17H21N3/c1-4-13(2)20-10-9-16(18-20)12-19-14(3)11-15-7-5-6-8-17(15)19/h5-11,13H,4,12H2,1-3H3. The van der Waals surface area contributed by atoms with Gasteiger partial charge in [-0.2, -0.15) is 5.10 Å². The Morgan fingerprint density at radius 2 is 2.00 bits per heavy atom. The van der Waals surface area contributed by atoms with Gasteiger partial charge in [0.1, 0.15) is 0 Å². The SMILES string of the molecule is CCC(C)n1ccc(Cn2c(C)cc3ccccc32)n1. The molecule has 2 heterocycles. The number of fused-ring (bicyclic) bond motifs is 1. The van der Waals surface area contributed by atoms with Gasteiger partial charge in [-0.1, -0.05) is 25.1 Å². The molecule has 1 aromatic carbocycles. The van der Waals surface area contributed by atoms with Crippen LogP contribution in [-0.2, 0) is 6.54 Å². The van der Waals surface area contributed by atoms with E-state index in [1.165, 1.54) is 16.6 Å². The summed E-state index contributed by atoms with van der Waals surface area (Å²) >= 11 is 0. The van der Waals surface area contributed by atoms with Crippen molar-refractivity contribution in [3.63, 3.8) is 0 Å². The summed E-state index contributed by atoms with van der Waals surface area (Å²) in [4.78, 5) is 0. The smallest absolute Gasteiger partial charge is 0.0822 e. The van der Waals surface area contributed by atoms with Crippen LogP contribution in [0.5, 0.6) is 0 Å². The zero-order valence-corrected chi connectivity index (χ0v) is 12.4. The Kier molecular flexibility index (Phi) is 3.35. The van der Waals surface area contributed by atoms with Gasteiger partial charge in [0, 0.05) is 23.4 Å². The monoisotopic (exact) mass is 267 g/mol. The Morgan fingerprint density at radius 3 is 2.80 bits per heavy atom. The van der Waals surface area contributed by atoms with E-state index in [0.717, 1.165) is 18.7 Å². The first kappa shape index (κ1) is 13.0. The maximum Gasteiger partial charge on any atom is 0.0822 e.